The van der Waals surface area contributed by atoms with E-state index in [1.165, 1.54) is 19.3 Å². The van der Waals surface area contributed by atoms with Crippen LogP contribution in [0, 0.1) is 0 Å². The summed E-state index contributed by atoms with van der Waals surface area (Å²) in [6.07, 6.45) is 3.68. The number of rotatable bonds is 4. The third-order valence-electron chi connectivity index (χ3n) is 4.06. The molecule has 2 heterocycles. The number of likely N-dealkylation sites (tertiary alicyclic amines) is 1. The fraction of sp³-hybridized carbons (Fsp3) is 0.471. The number of benzene rings is 1. The first kappa shape index (κ1) is 15.4. The van der Waals surface area contributed by atoms with Gasteiger partial charge in [0.15, 0.2) is 5.58 Å². The van der Waals surface area contributed by atoms with Crippen LogP contribution >= 0.6 is 11.6 Å². The summed E-state index contributed by atoms with van der Waals surface area (Å²) in [5.41, 5.74) is 1.46. The van der Waals surface area contributed by atoms with Crippen molar-refractivity contribution < 1.29 is 13.9 Å². The highest BCUT2D eigenvalue weighted by atomic mass is 35.5. The van der Waals surface area contributed by atoms with Crippen molar-refractivity contribution in [1.29, 1.82) is 0 Å². The summed E-state index contributed by atoms with van der Waals surface area (Å²) in [6, 6.07) is 5.61. The van der Waals surface area contributed by atoms with Crippen molar-refractivity contribution in [2.45, 2.75) is 32.7 Å². The summed E-state index contributed by atoms with van der Waals surface area (Å²) < 4.78 is 10.9. The molecule has 4 nitrogen and oxygen atoms in total. The Morgan fingerprint density at radius 3 is 2.82 bits per heavy atom. The van der Waals surface area contributed by atoms with Crippen LogP contribution in [0.15, 0.2) is 22.6 Å². The van der Waals surface area contributed by atoms with Gasteiger partial charge in [-0.1, -0.05) is 30.2 Å². The largest absolute Gasteiger partial charge is 0.460 e. The smallest absolute Gasteiger partial charge is 0.374 e. The molecule has 0 radical (unpaired) electrons. The van der Waals surface area contributed by atoms with Crippen LogP contribution in [0.2, 0.25) is 5.02 Å². The first-order chi connectivity index (χ1) is 10.7. The summed E-state index contributed by atoms with van der Waals surface area (Å²) in [6.45, 7) is 4.91. The van der Waals surface area contributed by atoms with Gasteiger partial charge in [0, 0.05) is 17.5 Å². The van der Waals surface area contributed by atoms with Crippen LogP contribution in [-0.2, 0) is 11.3 Å². The van der Waals surface area contributed by atoms with E-state index in [9.17, 15) is 4.79 Å². The van der Waals surface area contributed by atoms with Crippen molar-refractivity contribution in [2.24, 2.45) is 0 Å². The molecule has 5 heteroatoms. The molecule has 0 amide bonds. The molecular formula is C17H20ClNO3. The summed E-state index contributed by atoms with van der Waals surface area (Å²) in [5.74, 6) is -0.128. The van der Waals surface area contributed by atoms with Gasteiger partial charge in [0.25, 0.3) is 0 Å². The Hall–Kier alpha value is -1.52. The number of nitrogens with zero attached hydrogens (tertiary/aromatic N) is 1. The first-order valence-electron chi connectivity index (χ1n) is 7.80. The predicted molar refractivity (Wildman–Crippen MR) is 86.3 cm³/mol. The molecular weight excluding hydrogens is 302 g/mol. The molecule has 0 unspecified atom stereocenters. The van der Waals surface area contributed by atoms with E-state index in [0.29, 0.717) is 23.8 Å². The van der Waals surface area contributed by atoms with Gasteiger partial charge in [-0.3, -0.25) is 4.90 Å². The minimum absolute atomic E-state index is 0.288. The second-order valence-electron chi connectivity index (χ2n) is 5.58. The minimum Gasteiger partial charge on any atom is -0.460 e. The molecule has 1 aliphatic rings. The van der Waals surface area contributed by atoms with Gasteiger partial charge in [0.05, 0.1) is 11.6 Å². The summed E-state index contributed by atoms with van der Waals surface area (Å²) in [7, 11) is 0. The molecule has 0 spiro atoms. The zero-order valence-corrected chi connectivity index (χ0v) is 13.5. The SMILES string of the molecule is CCOC(=O)c1oc2c(Cl)cccc2c1CN1CCCCC1. The molecule has 3 rings (SSSR count). The molecule has 0 N–H and O–H groups in total. The van der Waals surface area contributed by atoms with E-state index in [1.807, 2.05) is 12.1 Å². The van der Waals surface area contributed by atoms with Crippen LogP contribution in [-0.4, -0.2) is 30.6 Å². The van der Waals surface area contributed by atoms with Crippen molar-refractivity contribution in [3.05, 3.63) is 34.5 Å². The molecule has 0 bridgehead atoms. The van der Waals surface area contributed by atoms with Crippen molar-refractivity contribution in [3.63, 3.8) is 0 Å². The Labute approximate surface area is 135 Å². The number of piperidine rings is 1. The van der Waals surface area contributed by atoms with Crippen molar-refractivity contribution in [2.75, 3.05) is 19.7 Å². The van der Waals surface area contributed by atoms with Gasteiger partial charge in [0.2, 0.25) is 5.76 Å². The molecule has 1 saturated heterocycles. The van der Waals surface area contributed by atoms with Crippen LogP contribution < -0.4 is 0 Å². The summed E-state index contributed by atoms with van der Waals surface area (Å²) >= 11 is 6.21. The molecule has 118 valence electrons. The number of hydrogen-bond donors (Lipinski definition) is 0. The Kier molecular flexibility index (Phi) is 4.69. The second kappa shape index (κ2) is 6.71. The average Bonchev–Trinajstić information content (AvgIpc) is 2.89. The lowest BCUT2D eigenvalue weighted by Crippen LogP contribution is -2.29. The molecule has 1 aromatic carbocycles. The predicted octanol–water partition coefficient (Wildman–Crippen LogP) is 4.25. The average molecular weight is 322 g/mol. The van der Waals surface area contributed by atoms with Gasteiger partial charge in [-0.05, 0) is 38.9 Å². The highest BCUT2D eigenvalue weighted by Gasteiger charge is 2.24. The monoisotopic (exact) mass is 321 g/mol. The van der Waals surface area contributed by atoms with Gasteiger partial charge in [0.1, 0.15) is 0 Å². The van der Waals surface area contributed by atoms with E-state index in [2.05, 4.69) is 4.90 Å². The highest BCUT2D eigenvalue weighted by Crippen LogP contribution is 2.33. The van der Waals surface area contributed by atoms with E-state index in [4.69, 9.17) is 20.8 Å². The molecule has 2 aromatic rings. The van der Waals surface area contributed by atoms with E-state index in [0.717, 1.165) is 24.0 Å². The summed E-state index contributed by atoms with van der Waals surface area (Å²) in [4.78, 5) is 14.6. The molecule has 0 aliphatic carbocycles. The lowest BCUT2D eigenvalue weighted by atomic mass is 10.1. The highest BCUT2D eigenvalue weighted by molar-refractivity contribution is 6.35. The van der Waals surface area contributed by atoms with Gasteiger partial charge in [-0.2, -0.15) is 0 Å². The van der Waals surface area contributed by atoms with Gasteiger partial charge < -0.3 is 9.15 Å². The third-order valence-corrected chi connectivity index (χ3v) is 4.36. The number of esters is 1. The van der Waals surface area contributed by atoms with Gasteiger partial charge in [-0.15, -0.1) is 0 Å². The molecule has 1 aliphatic heterocycles. The maximum atomic E-state index is 12.2. The lowest BCUT2D eigenvalue weighted by Gasteiger charge is -2.26. The van der Waals surface area contributed by atoms with Crippen molar-refractivity contribution in [1.82, 2.24) is 4.90 Å². The normalized spacial score (nSPS) is 16.1. The quantitative estimate of drug-likeness (QED) is 0.790. The molecule has 1 fully saturated rings. The number of fused-ring (bicyclic) bond motifs is 1. The first-order valence-corrected chi connectivity index (χ1v) is 8.18. The minimum atomic E-state index is -0.415. The van der Waals surface area contributed by atoms with Crippen LogP contribution in [0.25, 0.3) is 11.0 Å². The van der Waals surface area contributed by atoms with Crippen LogP contribution in [0.3, 0.4) is 0 Å². The van der Waals surface area contributed by atoms with Crippen LogP contribution in [0.1, 0.15) is 42.3 Å². The van der Waals surface area contributed by atoms with Crippen molar-refractivity contribution >= 4 is 28.5 Å². The van der Waals surface area contributed by atoms with E-state index >= 15 is 0 Å². The zero-order chi connectivity index (χ0) is 15.5. The van der Waals surface area contributed by atoms with Crippen molar-refractivity contribution in [3.8, 4) is 0 Å². The topological polar surface area (TPSA) is 42.7 Å². The number of halogens is 1. The fourth-order valence-electron chi connectivity index (χ4n) is 3.00. The maximum absolute atomic E-state index is 12.2. The number of furan rings is 1. The van der Waals surface area contributed by atoms with E-state index in [-0.39, 0.29) is 5.76 Å². The standard InChI is InChI=1S/C17H20ClNO3/c1-2-21-17(20)16-13(11-19-9-4-3-5-10-19)12-7-6-8-14(18)15(12)22-16/h6-8H,2-5,9-11H2,1H3. The number of ether oxygens (including phenoxy) is 1. The molecule has 1 aromatic heterocycles. The zero-order valence-electron chi connectivity index (χ0n) is 12.7. The Balaban J connectivity index is 2.01. The maximum Gasteiger partial charge on any atom is 0.374 e. The Morgan fingerprint density at radius 2 is 2.09 bits per heavy atom. The van der Waals surface area contributed by atoms with E-state index < -0.39 is 5.97 Å². The molecule has 0 atom stereocenters. The number of para-hydroxylation sites is 1. The van der Waals surface area contributed by atoms with Gasteiger partial charge >= 0.3 is 5.97 Å². The van der Waals surface area contributed by atoms with Crippen LogP contribution in [0.4, 0.5) is 0 Å². The molecule has 22 heavy (non-hydrogen) atoms. The molecule has 0 saturated carbocycles. The lowest BCUT2D eigenvalue weighted by molar-refractivity contribution is 0.0489. The summed E-state index contributed by atoms with van der Waals surface area (Å²) in [5, 5.41) is 1.43. The number of carbonyl (C=O) groups is 1. The Morgan fingerprint density at radius 1 is 1.32 bits per heavy atom. The van der Waals surface area contributed by atoms with E-state index in [1.54, 1.807) is 13.0 Å². The third kappa shape index (κ3) is 2.99. The van der Waals surface area contributed by atoms with Crippen LogP contribution in [0.5, 0.6) is 0 Å². The van der Waals surface area contributed by atoms with Gasteiger partial charge in [-0.25, -0.2) is 4.79 Å². The fourth-order valence-corrected chi connectivity index (χ4v) is 3.21. The Bertz CT molecular complexity index is 674. The number of hydrogen-bond acceptors (Lipinski definition) is 4. The number of carbonyl (C=O) groups excluding carboxylic acids is 1. The second-order valence-corrected chi connectivity index (χ2v) is 5.99.